The maximum Gasteiger partial charge on any atom is 0.168 e. The van der Waals surface area contributed by atoms with E-state index in [9.17, 15) is 4.79 Å². The Labute approximate surface area is 121 Å². The fourth-order valence-corrected chi connectivity index (χ4v) is 3.22. The van der Waals surface area contributed by atoms with Gasteiger partial charge in [0.05, 0.1) is 11.0 Å². The van der Waals surface area contributed by atoms with Gasteiger partial charge in [0, 0.05) is 27.1 Å². The first-order valence-corrected chi connectivity index (χ1v) is 7.37. The molecule has 3 nitrogen and oxygen atoms in total. The molecule has 0 unspecified atom stereocenters. The molecular weight excluding hydrogens is 268 g/mol. The van der Waals surface area contributed by atoms with Gasteiger partial charge in [-0.2, -0.15) is 0 Å². The maximum absolute atomic E-state index is 11.1. The quantitative estimate of drug-likeness (QED) is 0.412. The van der Waals surface area contributed by atoms with Crippen molar-refractivity contribution >= 4 is 39.9 Å². The topological polar surface area (TPSA) is 42.9 Å². The van der Waals surface area contributed by atoms with E-state index >= 15 is 0 Å². The van der Waals surface area contributed by atoms with E-state index in [1.54, 1.807) is 18.0 Å². The molecule has 1 aromatic carbocycles. The summed E-state index contributed by atoms with van der Waals surface area (Å²) < 4.78 is 0. The zero-order valence-electron chi connectivity index (χ0n) is 11.3. The maximum atomic E-state index is 11.1. The lowest BCUT2D eigenvalue weighted by atomic mass is 10.1. The van der Waals surface area contributed by atoms with Crippen LogP contribution in [0.2, 0.25) is 0 Å². The highest BCUT2D eigenvalue weighted by molar-refractivity contribution is 8.00. The summed E-state index contributed by atoms with van der Waals surface area (Å²) in [6, 6.07) is 9.88. The van der Waals surface area contributed by atoms with E-state index in [2.05, 4.69) is 35.9 Å². The summed E-state index contributed by atoms with van der Waals surface area (Å²) in [6.45, 7) is 4.27. The number of rotatable bonds is 3. The second-order valence-corrected chi connectivity index (χ2v) is 6.48. The van der Waals surface area contributed by atoms with Gasteiger partial charge in [0.15, 0.2) is 6.29 Å². The summed E-state index contributed by atoms with van der Waals surface area (Å²) in [5, 5.41) is 2.54. The molecule has 0 saturated carbocycles. The smallest absolute Gasteiger partial charge is 0.168 e. The van der Waals surface area contributed by atoms with Crippen LogP contribution in [0.25, 0.3) is 21.8 Å². The summed E-state index contributed by atoms with van der Waals surface area (Å²) in [5.74, 6) is 0. The number of thioether (sulfide) groups is 1. The Bertz CT molecular complexity index is 799. The molecule has 0 amide bonds. The molecular formula is C16H14N2OS. The number of carbonyl (C=O) groups excluding carboxylic acids is 1. The van der Waals surface area contributed by atoms with E-state index in [1.807, 2.05) is 18.2 Å². The summed E-state index contributed by atoms with van der Waals surface area (Å²) in [4.78, 5) is 21.1. The number of pyridine rings is 2. The normalized spacial score (nSPS) is 11.3. The number of fused-ring (bicyclic) bond motifs is 3. The molecule has 0 aliphatic carbocycles. The first-order valence-electron chi connectivity index (χ1n) is 6.49. The van der Waals surface area contributed by atoms with Crippen molar-refractivity contribution in [3.8, 4) is 0 Å². The van der Waals surface area contributed by atoms with Crippen LogP contribution in [0.3, 0.4) is 0 Å². The summed E-state index contributed by atoms with van der Waals surface area (Å²) in [7, 11) is 0. The Kier molecular flexibility index (Phi) is 3.40. The van der Waals surface area contributed by atoms with Gasteiger partial charge >= 0.3 is 0 Å². The minimum absolute atomic E-state index is 0.444. The third-order valence-corrected chi connectivity index (χ3v) is 4.08. The minimum atomic E-state index is 0.444. The lowest BCUT2D eigenvalue weighted by Gasteiger charge is -2.10. The lowest BCUT2D eigenvalue weighted by molar-refractivity contribution is 0.111. The molecule has 2 heterocycles. The highest BCUT2D eigenvalue weighted by Gasteiger charge is 2.11. The van der Waals surface area contributed by atoms with Crippen LogP contribution in [-0.2, 0) is 0 Å². The zero-order chi connectivity index (χ0) is 14.1. The molecule has 0 aliphatic heterocycles. The van der Waals surface area contributed by atoms with E-state index in [4.69, 9.17) is 0 Å². The monoisotopic (exact) mass is 282 g/mol. The van der Waals surface area contributed by atoms with Gasteiger partial charge in [0.25, 0.3) is 0 Å². The molecule has 0 bridgehead atoms. The lowest BCUT2D eigenvalue weighted by Crippen LogP contribution is -1.95. The SMILES string of the molecule is CC(C)Sc1cc(C=O)nc2c1ccc1cccnc12. The highest BCUT2D eigenvalue weighted by Crippen LogP contribution is 2.33. The van der Waals surface area contributed by atoms with Gasteiger partial charge in [0.2, 0.25) is 0 Å². The van der Waals surface area contributed by atoms with Crippen molar-refractivity contribution < 1.29 is 4.79 Å². The van der Waals surface area contributed by atoms with E-state index in [0.717, 1.165) is 33.0 Å². The van der Waals surface area contributed by atoms with Crippen LogP contribution in [0.5, 0.6) is 0 Å². The zero-order valence-corrected chi connectivity index (χ0v) is 12.1. The first-order chi connectivity index (χ1) is 9.69. The second kappa shape index (κ2) is 5.21. The van der Waals surface area contributed by atoms with Gasteiger partial charge in [-0.05, 0) is 12.1 Å². The van der Waals surface area contributed by atoms with E-state index in [1.165, 1.54) is 0 Å². The fraction of sp³-hybridized carbons (Fsp3) is 0.188. The Hall–Kier alpha value is -1.94. The van der Waals surface area contributed by atoms with Crippen molar-refractivity contribution in [2.45, 2.75) is 24.0 Å². The van der Waals surface area contributed by atoms with Crippen molar-refractivity contribution in [1.29, 1.82) is 0 Å². The Morgan fingerprint density at radius 1 is 1.20 bits per heavy atom. The Morgan fingerprint density at radius 3 is 2.80 bits per heavy atom. The number of benzene rings is 1. The molecule has 0 saturated heterocycles. The van der Waals surface area contributed by atoms with Gasteiger partial charge in [0.1, 0.15) is 5.69 Å². The summed E-state index contributed by atoms with van der Waals surface area (Å²) in [6.07, 6.45) is 2.55. The molecule has 20 heavy (non-hydrogen) atoms. The molecule has 0 atom stereocenters. The summed E-state index contributed by atoms with van der Waals surface area (Å²) in [5.41, 5.74) is 2.11. The molecule has 0 fully saturated rings. The van der Waals surface area contributed by atoms with E-state index in [-0.39, 0.29) is 0 Å². The van der Waals surface area contributed by atoms with E-state index < -0.39 is 0 Å². The van der Waals surface area contributed by atoms with Gasteiger partial charge in [-0.25, -0.2) is 4.98 Å². The third-order valence-electron chi connectivity index (χ3n) is 3.02. The molecule has 3 aromatic rings. The van der Waals surface area contributed by atoms with Crippen LogP contribution in [0.15, 0.2) is 41.4 Å². The largest absolute Gasteiger partial charge is 0.296 e. The molecule has 0 N–H and O–H groups in total. The summed E-state index contributed by atoms with van der Waals surface area (Å²) >= 11 is 1.74. The minimum Gasteiger partial charge on any atom is -0.296 e. The molecule has 0 aliphatic rings. The number of aldehydes is 1. The molecule has 2 aromatic heterocycles. The molecule has 4 heteroatoms. The molecule has 0 radical (unpaired) electrons. The Morgan fingerprint density at radius 2 is 2.05 bits per heavy atom. The van der Waals surface area contributed by atoms with Gasteiger partial charge in [-0.3, -0.25) is 9.78 Å². The highest BCUT2D eigenvalue weighted by atomic mass is 32.2. The second-order valence-electron chi connectivity index (χ2n) is 4.87. The van der Waals surface area contributed by atoms with Gasteiger partial charge in [-0.1, -0.05) is 32.0 Å². The Balaban J connectivity index is 2.39. The van der Waals surface area contributed by atoms with Crippen LogP contribution >= 0.6 is 11.8 Å². The fourth-order valence-electron chi connectivity index (χ4n) is 2.23. The predicted octanol–water partition coefficient (Wildman–Crippen LogP) is 4.10. The van der Waals surface area contributed by atoms with Crippen molar-refractivity contribution in [3.05, 3.63) is 42.2 Å². The number of aromatic nitrogens is 2. The number of nitrogens with zero attached hydrogens (tertiary/aromatic N) is 2. The van der Waals surface area contributed by atoms with Crippen molar-refractivity contribution in [2.24, 2.45) is 0 Å². The predicted molar refractivity (Wildman–Crippen MR) is 83.4 cm³/mol. The van der Waals surface area contributed by atoms with Gasteiger partial charge < -0.3 is 0 Å². The van der Waals surface area contributed by atoms with Gasteiger partial charge in [-0.15, -0.1) is 11.8 Å². The number of carbonyl (C=O) groups is 1. The number of hydrogen-bond donors (Lipinski definition) is 0. The van der Waals surface area contributed by atoms with Crippen LogP contribution in [0.4, 0.5) is 0 Å². The number of hydrogen-bond acceptors (Lipinski definition) is 4. The average Bonchev–Trinajstić information content (AvgIpc) is 2.46. The van der Waals surface area contributed by atoms with Crippen molar-refractivity contribution in [2.75, 3.05) is 0 Å². The molecule has 0 spiro atoms. The van der Waals surface area contributed by atoms with Crippen molar-refractivity contribution in [1.82, 2.24) is 9.97 Å². The van der Waals surface area contributed by atoms with Crippen LogP contribution in [0, 0.1) is 0 Å². The van der Waals surface area contributed by atoms with Crippen LogP contribution < -0.4 is 0 Å². The third kappa shape index (κ3) is 2.27. The average molecular weight is 282 g/mol. The van der Waals surface area contributed by atoms with Crippen LogP contribution in [-0.4, -0.2) is 21.5 Å². The van der Waals surface area contributed by atoms with Crippen LogP contribution in [0.1, 0.15) is 24.3 Å². The molecule has 100 valence electrons. The van der Waals surface area contributed by atoms with E-state index in [0.29, 0.717) is 10.9 Å². The van der Waals surface area contributed by atoms with Crippen molar-refractivity contribution in [3.63, 3.8) is 0 Å². The standard InChI is InChI=1S/C16H14N2OS/c1-10(2)20-14-8-12(9-19)18-16-13(14)6-5-11-4-3-7-17-15(11)16/h3-10H,1-2H3. The first kappa shape index (κ1) is 13.1. The molecule has 3 rings (SSSR count).